The summed E-state index contributed by atoms with van der Waals surface area (Å²) >= 11 is 0. The van der Waals surface area contributed by atoms with Gasteiger partial charge in [0.15, 0.2) is 0 Å². The number of pyridine rings is 1. The molecule has 1 aromatic heterocycles. The quantitative estimate of drug-likeness (QED) is 0.901. The summed E-state index contributed by atoms with van der Waals surface area (Å²) in [6, 6.07) is 13.3. The molecule has 21 heavy (non-hydrogen) atoms. The van der Waals surface area contributed by atoms with Crippen molar-refractivity contribution in [1.82, 2.24) is 9.88 Å². The van der Waals surface area contributed by atoms with Crippen molar-refractivity contribution >= 4 is 5.82 Å². The Morgan fingerprint density at radius 3 is 2.33 bits per heavy atom. The van der Waals surface area contributed by atoms with E-state index in [-0.39, 0.29) is 0 Å². The first-order valence-electron chi connectivity index (χ1n) is 7.43. The average Bonchev–Trinajstić information content (AvgIpc) is 2.37. The minimum atomic E-state index is 0.384. The zero-order chi connectivity index (χ0) is 15.4. The summed E-state index contributed by atoms with van der Waals surface area (Å²) in [7, 11) is 4.17. The third-order valence-corrected chi connectivity index (χ3v) is 3.15. The summed E-state index contributed by atoms with van der Waals surface area (Å²) in [6.45, 7) is 7.32. The second kappa shape index (κ2) is 6.72. The van der Waals surface area contributed by atoms with Gasteiger partial charge in [0.2, 0.25) is 0 Å². The Hall–Kier alpha value is -1.87. The smallest absolute Gasteiger partial charge is 0.127 e. The maximum atomic E-state index is 4.71. The lowest BCUT2D eigenvalue weighted by Gasteiger charge is -2.13. The molecule has 3 heteroatoms. The van der Waals surface area contributed by atoms with Gasteiger partial charge in [0.05, 0.1) is 5.69 Å². The molecule has 0 aliphatic rings. The van der Waals surface area contributed by atoms with E-state index in [0.29, 0.717) is 6.04 Å². The van der Waals surface area contributed by atoms with Gasteiger partial charge < -0.3 is 10.2 Å². The molecule has 1 aromatic carbocycles. The van der Waals surface area contributed by atoms with Crippen LogP contribution in [0.15, 0.2) is 36.4 Å². The predicted octanol–water partition coefficient (Wildman–Crippen LogP) is 3.94. The maximum absolute atomic E-state index is 4.71. The first kappa shape index (κ1) is 15.5. The van der Waals surface area contributed by atoms with E-state index < -0.39 is 0 Å². The number of hydrogen-bond acceptors (Lipinski definition) is 3. The van der Waals surface area contributed by atoms with Gasteiger partial charge in [-0.05, 0) is 58.1 Å². The number of benzene rings is 1. The number of nitrogens with one attached hydrogen (secondary N) is 1. The van der Waals surface area contributed by atoms with E-state index in [2.05, 4.69) is 81.5 Å². The lowest BCUT2D eigenvalue weighted by atomic mass is 10.1. The summed E-state index contributed by atoms with van der Waals surface area (Å²) in [6.07, 6.45) is 0. The molecule has 1 heterocycles. The topological polar surface area (TPSA) is 28.2 Å². The van der Waals surface area contributed by atoms with Crippen LogP contribution in [0, 0.1) is 6.92 Å². The van der Waals surface area contributed by atoms with Gasteiger partial charge in [-0.1, -0.05) is 24.3 Å². The van der Waals surface area contributed by atoms with Crippen LogP contribution in [0.2, 0.25) is 0 Å². The molecule has 0 saturated carbocycles. The van der Waals surface area contributed by atoms with Crippen LogP contribution in [-0.2, 0) is 6.54 Å². The Morgan fingerprint density at radius 2 is 1.76 bits per heavy atom. The van der Waals surface area contributed by atoms with Crippen molar-refractivity contribution in [3.8, 4) is 11.3 Å². The van der Waals surface area contributed by atoms with Crippen molar-refractivity contribution in [2.24, 2.45) is 0 Å². The molecule has 3 nitrogen and oxygen atoms in total. The second-order valence-electron chi connectivity index (χ2n) is 6.15. The first-order valence-corrected chi connectivity index (χ1v) is 7.43. The molecular weight excluding hydrogens is 258 g/mol. The Bertz CT molecular complexity index is 586. The molecule has 0 bridgehead atoms. The number of hydrogen-bond donors (Lipinski definition) is 1. The molecule has 0 aliphatic carbocycles. The van der Waals surface area contributed by atoms with Crippen LogP contribution in [0.3, 0.4) is 0 Å². The minimum absolute atomic E-state index is 0.384. The summed E-state index contributed by atoms with van der Waals surface area (Å²) in [5.41, 5.74) is 4.72. The maximum Gasteiger partial charge on any atom is 0.127 e. The van der Waals surface area contributed by atoms with Gasteiger partial charge in [0, 0.05) is 18.2 Å². The molecule has 0 atom stereocenters. The van der Waals surface area contributed by atoms with Crippen molar-refractivity contribution in [2.45, 2.75) is 33.4 Å². The van der Waals surface area contributed by atoms with E-state index in [1.807, 2.05) is 0 Å². The number of anilines is 1. The molecule has 1 N–H and O–H groups in total. The lowest BCUT2D eigenvalue weighted by molar-refractivity contribution is 0.402. The van der Waals surface area contributed by atoms with Gasteiger partial charge in [-0.2, -0.15) is 0 Å². The highest BCUT2D eigenvalue weighted by Crippen LogP contribution is 2.22. The summed E-state index contributed by atoms with van der Waals surface area (Å²) < 4.78 is 0. The van der Waals surface area contributed by atoms with Gasteiger partial charge in [0.1, 0.15) is 5.82 Å². The minimum Gasteiger partial charge on any atom is -0.368 e. The van der Waals surface area contributed by atoms with Crippen molar-refractivity contribution in [1.29, 1.82) is 0 Å². The van der Waals surface area contributed by atoms with Gasteiger partial charge in [-0.15, -0.1) is 0 Å². The van der Waals surface area contributed by atoms with Gasteiger partial charge >= 0.3 is 0 Å². The predicted molar refractivity (Wildman–Crippen MR) is 90.6 cm³/mol. The van der Waals surface area contributed by atoms with E-state index in [4.69, 9.17) is 4.98 Å². The van der Waals surface area contributed by atoms with Crippen LogP contribution in [0.25, 0.3) is 11.3 Å². The van der Waals surface area contributed by atoms with Crippen LogP contribution in [-0.4, -0.2) is 30.0 Å². The van der Waals surface area contributed by atoms with Crippen LogP contribution in [0.4, 0.5) is 5.82 Å². The highest BCUT2D eigenvalue weighted by Gasteiger charge is 2.05. The molecule has 2 rings (SSSR count). The molecule has 112 valence electrons. The van der Waals surface area contributed by atoms with Crippen molar-refractivity contribution < 1.29 is 0 Å². The summed E-state index contributed by atoms with van der Waals surface area (Å²) in [5.74, 6) is 0.942. The van der Waals surface area contributed by atoms with Crippen LogP contribution >= 0.6 is 0 Å². The zero-order valence-corrected chi connectivity index (χ0v) is 13.6. The van der Waals surface area contributed by atoms with Gasteiger partial charge in [-0.3, -0.25) is 0 Å². The Kier molecular flexibility index (Phi) is 4.97. The third kappa shape index (κ3) is 4.57. The van der Waals surface area contributed by atoms with Crippen molar-refractivity contribution in [2.75, 3.05) is 19.4 Å². The summed E-state index contributed by atoms with van der Waals surface area (Å²) in [4.78, 5) is 6.88. The van der Waals surface area contributed by atoms with E-state index in [9.17, 15) is 0 Å². The van der Waals surface area contributed by atoms with Crippen molar-refractivity contribution in [3.63, 3.8) is 0 Å². The van der Waals surface area contributed by atoms with E-state index >= 15 is 0 Å². The van der Waals surface area contributed by atoms with Gasteiger partial charge in [-0.25, -0.2) is 4.98 Å². The van der Waals surface area contributed by atoms with E-state index in [0.717, 1.165) is 23.6 Å². The molecule has 0 saturated heterocycles. The van der Waals surface area contributed by atoms with Gasteiger partial charge in [0.25, 0.3) is 0 Å². The first-order chi connectivity index (χ1) is 9.94. The average molecular weight is 283 g/mol. The number of aromatic nitrogens is 1. The SMILES string of the molecule is Cc1cc(NC(C)C)nc(-c2ccc(CN(C)C)cc2)c1. The molecule has 0 spiro atoms. The highest BCUT2D eigenvalue weighted by atomic mass is 15.0. The fourth-order valence-electron chi connectivity index (χ4n) is 2.33. The number of aryl methyl sites for hydroxylation is 1. The Morgan fingerprint density at radius 1 is 1.10 bits per heavy atom. The number of rotatable bonds is 5. The standard InChI is InChI=1S/C18H25N3/c1-13(2)19-18-11-14(3)10-17(20-18)16-8-6-15(7-9-16)12-21(4)5/h6-11,13H,12H2,1-5H3,(H,19,20). The largest absolute Gasteiger partial charge is 0.368 e. The number of nitrogens with zero attached hydrogens (tertiary/aromatic N) is 2. The molecular formula is C18H25N3. The van der Waals surface area contributed by atoms with E-state index in [1.54, 1.807) is 0 Å². The normalized spacial score (nSPS) is 11.2. The molecule has 2 aromatic rings. The Balaban J connectivity index is 2.26. The van der Waals surface area contributed by atoms with Crippen LogP contribution in [0.1, 0.15) is 25.0 Å². The monoisotopic (exact) mass is 283 g/mol. The van der Waals surface area contributed by atoms with Crippen molar-refractivity contribution in [3.05, 3.63) is 47.5 Å². The van der Waals surface area contributed by atoms with Crippen LogP contribution < -0.4 is 5.32 Å². The summed E-state index contributed by atoms with van der Waals surface area (Å²) in [5, 5.41) is 3.38. The Labute approximate surface area is 128 Å². The fraction of sp³-hybridized carbons (Fsp3) is 0.389. The highest BCUT2D eigenvalue weighted by molar-refractivity contribution is 5.63. The lowest BCUT2D eigenvalue weighted by Crippen LogP contribution is -2.11. The molecule has 0 radical (unpaired) electrons. The molecule has 0 unspecified atom stereocenters. The van der Waals surface area contributed by atoms with Crippen LogP contribution in [0.5, 0.6) is 0 Å². The second-order valence-corrected chi connectivity index (χ2v) is 6.15. The molecule has 0 fully saturated rings. The fourth-order valence-corrected chi connectivity index (χ4v) is 2.33. The molecule has 0 amide bonds. The zero-order valence-electron chi connectivity index (χ0n) is 13.6. The van der Waals surface area contributed by atoms with E-state index in [1.165, 1.54) is 11.1 Å². The third-order valence-electron chi connectivity index (χ3n) is 3.15. The molecule has 0 aliphatic heterocycles.